The summed E-state index contributed by atoms with van der Waals surface area (Å²) in [5.41, 5.74) is 1.34. The summed E-state index contributed by atoms with van der Waals surface area (Å²) in [6.07, 6.45) is 0. The smallest absolute Gasteiger partial charge is 0.138 e. The van der Waals surface area contributed by atoms with Crippen LogP contribution in [0.4, 0.5) is 0 Å². The molecule has 0 radical (unpaired) electrons. The highest BCUT2D eigenvalue weighted by atomic mass is 79.9. The Morgan fingerprint density at radius 3 is 2.89 bits per heavy atom. The molecule has 2 heterocycles. The van der Waals surface area contributed by atoms with Gasteiger partial charge in [-0.05, 0) is 22.0 Å². The van der Waals surface area contributed by atoms with E-state index in [9.17, 15) is 0 Å². The van der Waals surface area contributed by atoms with Crippen molar-refractivity contribution < 1.29 is 4.74 Å². The number of benzene rings is 1. The number of rotatable bonds is 1. The third kappa shape index (κ3) is 2.17. The molecule has 0 amide bonds. The molecule has 98 valence electrons. The number of nitrogens with zero attached hydrogens (tertiary/aromatic N) is 1. The van der Waals surface area contributed by atoms with E-state index < -0.39 is 0 Å². The topological polar surface area (TPSA) is 24.5 Å². The van der Waals surface area contributed by atoms with Crippen molar-refractivity contribution >= 4 is 15.9 Å². The average Bonchev–Trinajstić information content (AvgIpc) is 2.40. The summed E-state index contributed by atoms with van der Waals surface area (Å²) < 4.78 is 6.97. The molecule has 2 atom stereocenters. The Morgan fingerprint density at radius 1 is 1.33 bits per heavy atom. The van der Waals surface area contributed by atoms with Crippen LogP contribution in [-0.2, 0) is 0 Å². The van der Waals surface area contributed by atoms with Crippen LogP contribution in [0.15, 0.2) is 22.7 Å². The fraction of sp³-hybridized carbons (Fsp3) is 0.571. The molecular formula is C14H19BrN2O. The van der Waals surface area contributed by atoms with E-state index >= 15 is 0 Å². The van der Waals surface area contributed by atoms with Crippen molar-refractivity contribution in [1.29, 1.82) is 0 Å². The second-order valence-corrected chi connectivity index (χ2v) is 6.03. The van der Waals surface area contributed by atoms with E-state index in [0.29, 0.717) is 12.0 Å². The van der Waals surface area contributed by atoms with Gasteiger partial charge in [-0.25, -0.2) is 0 Å². The molecule has 3 nitrogen and oxygen atoms in total. The summed E-state index contributed by atoms with van der Waals surface area (Å²) in [6, 6.07) is 6.87. The quantitative estimate of drug-likeness (QED) is 0.862. The molecule has 2 aliphatic rings. The molecule has 4 heteroatoms. The number of ether oxygens (including phenoxy) is 1. The third-order valence-electron chi connectivity index (χ3n) is 3.89. The lowest BCUT2D eigenvalue weighted by molar-refractivity contribution is 0.0797. The maximum absolute atomic E-state index is 5.90. The van der Waals surface area contributed by atoms with E-state index in [0.717, 1.165) is 43.0 Å². The van der Waals surface area contributed by atoms with Crippen LogP contribution in [0.25, 0.3) is 0 Å². The zero-order valence-corrected chi connectivity index (χ0v) is 12.2. The maximum Gasteiger partial charge on any atom is 0.138 e. The second kappa shape index (κ2) is 5.19. The van der Waals surface area contributed by atoms with Crippen LogP contribution in [-0.4, -0.2) is 37.7 Å². The van der Waals surface area contributed by atoms with E-state index in [1.807, 2.05) is 0 Å². The summed E-state index contributed by atoms with van der Waals surface area (Å²) in [5, 5.41) is 3.42. The summed E-state index contributed by atoms with van der Waals surface area (Å²) in [7, 11) is 0. The molecule has 0 spiro atoms. The number of hydrogen-bond donors (Lipinski definition) is 1. The van der Waals surface area contributed by atoms with Crippen LogP contribution in [0, 0.1) is 5.92 Å². The zero-order valence-electron chi connectivity index (χ0n) is 10.7. The number of nitrogens with one attached hydrogen (secondary N) is 1. The van der Waals surface area contributed by atoms with Gasteiger partial charge in [0.25, 0.3) is 0 Å². The van der Waals surface area contributed by atoms with Crippen molar-refractivity contribution in [2.45, 2.75) is 13.0 Å². The van der Waals surface area contributed by atoms with Gasteiger partial charge in [0.2, 0.25) is 0 Å². The lowest BCUT2D eigenvalue weighted by Crippen LogP contribution is -2.48. The molecule has 1 aromatic carbocycles. The van der Waals surface area contributed by atoms with Crippen LogP contribution in [0.3, 0.4) is 0 Å². The minimum Gasteiger partial charge on any atom is -0.492 e. The second-order valence-electron chi connectivity index (χ2n) is 5.18. The Morgan fingerprint density at radius 2 is 2.11 bits per heavy atom. The number of piperazine rings is 1. The first kappa shape index (κ1) is 12.5. The zero-order chi connectivity index (χ0) is 12.5. The van der Waals surface area contributed by atoms with Crippen LogP contribution in [0.2, 0.25) is 0 Å². The number of hydrogen-bond acceptors (Lipinski definition) is 3. The Hall–Kier alpha value is -0.580. The highest BCUT2D eigenvalue weighted by molar-refractivity contribution is 9.10. The van der Waals surface area contributed by atoms with Crippen LogP contribution in [0.5, 0.6) is 5.75 Å². The van der Waals surface area contributed by atoms with Gasteiger partial charge in [0.1, 0.15) is 5.75 Å². The monoisotopic (exact) mass is 310 g/mol. The fourth-order valence-electron chi connectivity index (χ4n) is 3.04. The summed E-state index contributed by atoms with van der Waals surface area (Å²) >= 11 is 3.60. The minimum atomic E-state index is 0.494. The molecule has 3 rings (SSSR count). The van der Waals surface area contributed by atoms with Gasteiger partial charge in [-0.1, -0.05) is 19.1 Å². The highest BCUT2D eigenvalue weighted by Crippen LogP contribution is 2.42. The molecular weight excluding hydrogens is 292 g/mol. The normalized spacial score (nSPS) is 28.6. The Kier molecular flexibility index (Phi) is 3.59. The standard InChI is InChI=1S/C14H19BrN2O/c1-10-9-18-14-11(3-2-4-12(14)15)13(10)17-7-5-16-6-8-17/h2-4,10,13,16H,5-9H2,1H3. The summed E-state index contributed by atoms with van der Waals surface area (Å²) in [5.74, 6) is 1.59. The first-order valence-electron chi connectivity index (χ1n) is 6.63. The molecule has 2 unspecified atom stereocenters. The Labute approximate surface area is 117 Å². The predicted molar refractivity (Wildman–Crippen MR) is 76.0 cm³/mol. The average molecular weight is 311 g/mol. The molecule has 0 aromatic heterocycles. The summed E-state index contributed by atoms with van der Waals surface area (Å²) in [6.45, 7) is 7.53. The molecule has 1 fully saturated rings. The number of fused-ring (bicyclic) bond motifs is 1. The maximum atomic E-state index is 5.90. The Bertz CT molecular complexity index is 432. The van der Waals surface area contributed by atoms with Gasteiger partial charge in [0.15, 0.2) is 0 Å². The lowest BCUT2D eigenvalue weighted by atomic mass is 9.90. The SMILES string of the molecule is CC1COc2c(Br)cccc2C1N1CCNCC1. The summed E-state index contributed by atoms with van der Waals surface area (Å²) in [4.78, 5) is 2.59. The van der Waals surface area contributed by atoms with Crippen molar-refractivity contribution in [3.05, 3.63) is 28.2 Å². The van der Waals surface area contributed by atoms with Gasteiger partial charge < -0.3 is 10.1 Å². The van der Waals surface area contributed by atoms with E-state index in [4.69, 9.17) is 4.74 Å². The van der Waals surface area contributed by atoms with Crippen molar-refractivity contribution in [2.75, 3.05) is 32.8 Å². The van der Waals surface area contributed by atoms with Gasteiger partial charge >= 0.3 is 0 Å². The van der Waals surface area contributed by atoms with Crippen molar-refractivity contribution in [1.82, 2.24) is 10.2 Å². The molecule has 18 heavy (non-hydrogen) atoms. The first-order valence-corrected chi connectivity index (χ1v) is 7.42. The van der Waals surface area contributed by atoms with Crippen molar-refractivity contribution in [3.63, 3.8) is 0 Å². The van der Waals surface area contributed by atoms with E-state index in [1.54, 1.807) is 0 Å². The van der Waals surface area contributed by atoms with E-state index in [1.165, 1.54) is 5.56 Å². The van der Waals surface area contributed by atoms with Crippen LogP contribution in [0.1, 0.15) is 18.5 Å². The van der Waals surface area contributed by atoms with Crippen molar-refractivity contribution in [3.8, 4) is 5.75 Å². The first-order chi connectivity index (χ1) is 8.77. The van der Waals surface area contributed by atoms with Gasteiger partial charge in [-0.2, -0.15) is 0 Å². The van der Waals surface area contributed by atoms with Crippen LogP contribution >= 0.6 is 15.9 Å². The van der Waals surface area contributed by atoms with Gasteiger partial charge in [-0.15, -0.1) is 0 Å². The van der Waals surface area contributed by atoms with E-state index in [2.05, 4.69) is 51.3 Å². The fourth-order valence-corrected chi connectivity index (χ4v) is 3.54. The Balaban J connectivity index is 1.96. The van der Waals surface area contributed by atoms with Gasteiger partial charge in [0.05, 0.1) is 11.1 Å². The number of halogens is 1. The predicted octanol–water partition coefficient (Wildman–Crippen LogP) is 2.42. The van der Waals surface area contributed by atoms with Crippen molar-refractivity contribution in [2.24, 2.45) is 5.92 Å². The molecule has 0 aliphatic carbocycles. The molecule has 0 saturated carbocycles. The third-order valence-corrected chi connectivity index (χ3v) is 4.52. The molecule has 2 aliphatic heterocycles. The molecule has 1 N–H and O–H groups in total. The number of para-hydroxylation sites is 1. The van der Waals surface area contributed by atoms with Crippen LogP contribution < -0.4 is 10.1 Å². The van der Waals surface area contributed by atoms with Gasteiger partial charge in [0, 0.05) is 43.7 Å². The highest BCUT2D eigenvalue weighted by Gasteiger charge is 2.33. The molecule has 0 bridgehead atoms. The minimum absolute atomic E-state index is 0.494. The van der Waals surface area contributed by atoms with Gasteiger partial charge in [-0.3, -0.25) is 4.90 Å². The van der Waals surface area contributed by atoms with E-state index in [-0.39, 0.29) is 0 Å². The molecule has 1 aromatic rings. The largest absolute Gasteiger partial charge is 0.492 e. The molecule has 1 saturated heterocycles. The lowest BCUT2D eigenvalue weighted by Gasteiger charge is -2.41.